The van der Waals surface area contributed by atoms with Gasteiger partial charge in [-0.2, -0.15) is 0 Å². The first kappa shape index (κ1) is 13.1. The summed E-state index contributed by atoms with van der Waals surface area (Å²) in [4.78, 5) is 4.31. The van der Waals surface area contributed by atoms with Crippen LogP contribution in [0.2, 0.25) is 0 Å². The summed E-state index contributed by atoms with van der Waals surface area (Å²) in [5, 5.41) is 3.12. The van der Waals surface area contributed by atoms with E-state index < -0.39 is 0 Å². The molecular weight excluding hydrogens is 234 g/mol. The summed E-state index contributed by atoms with van der Waals surface area (Å²) in [7, 11) is 0. The number of nitrogens with one attached hydrogen (secondary N) is 1. The van der Waals surface area contributed by atoms with Crippen molar-refractivity contribution in [2.45, 2.75) is 13.3 Å². The molecular formula is C16H19N3. The SMILES string of the molecule is Cc1ccc(/N=C(\N)NCCc2ccccc2)cc1. The number of hydrogen-bond donors (Lipinski definition) is 2. The van der Waals surface area contributed by atoms with Crippen molar-refractivity contribution >= 4 is 11.6 Å². The van der Waals surface area contributed by atoms with E-state index in [4.69, 9.17) is 5.73 Å². The van der Waals surface area contributed by atoms with Crippen LogP contribution in [-0.4, -0.2) is 12.5 Å². The van der Waals surface area contributed by atoms with Crippen molar-refractivity contribution in [1.29, 1.82) is 0 Å². The Hall–Kier alpha value is -2.29. The first-order valence-electron chi connectivity index (χ1n) is 6.43. The maximum Gasteiger partial charge on any atom is 0.193 e. The molecule has 0 spiro atoms. The van der Waals surface area contributed by atoms with Crippen molar-refractivity contribution in [2.24, 2.45) is 10.7 Å². The van der Waals surface area contributed by atoms with Gasteiger partial charge in [-0.3, -0.25) is 0 Å². The zero-order chi connectivity index (χ0) is 13.5. The van der Waals surface area contributed by atoms with Crippen LogP contribution in [0.3, 0.4) is 0 Å². The lowest BCUT2D eigenvalue weighted by molar-refractivity contribution is 0.859. The minimum absolute atomic E-state index is 0.458. The van der Waals surface area contributed by atoms with Crippen LogP contribution in [0.5, 0.6) is 0 Å². The highest BCUT2D eigenvalue weighted by Crippen LogP contribution is 2.11. The van der Waals surface area contributed by atoms with E-state index in [1.807, 2.05) is 42.5 Å². The molecule has 3 heteroatoms. The maximum atomic E-state index is 5.85. The highest BCUT2D eigenvalue weighted by molar-refractivity contribution is 5.80. The lowest BCUT2D eigenvalue weighted by Gasteiger charge is -2.05. The quantitative estimate of drug-likeness (QED) is 0.650. The monoisotopic (exact) mass is 253 g/mol. The molecule has 0 saturated heterocycles. The molecule has 0 atom stereocenters. The molecule has 0 unspecified atom stereocenters. The molecule has 0 aliphatic rings. The van der Waals surface area contributed by atoms with Gasteiger partial charge in [0.2, 0.25) is 0 Å². The van der Waals surface area contributed by atoms with Crippen molar-refractivity contribution in [3.63, 3.8) is 0 Å². The molecule has 3 nitrogen and oxygen atoms in total. The van der Waals surface area contributed by atoms with Gasteiger partial charge < -0.3 is 11.1 Å². The van der Waals surface area contributed by atoms with Crippen LogP contribution in [0, 0.1) is 6.92 Å². The molecule has 3 N–H and O–H groups in total. The van der Waals surface area contributed by atoms with Gasteiger partial charge in [-0.25, -0.2) is 4.99 Å². The molecule has 0 amide bonds. The molecule has 0 aliphatic heterocycles. The Balaban J connectivity index is 1.84. The Morgan fingerprint density at radius 3 is 2.42 bits per heavy atom. The van der Waals surface area contributed by atoms with Crippen LogP contribution in [0.4, 0.5) is 5.69 Å². The van der Waals surface area contributed by atoms with Crippen LogP contribution in [0.1, 0.15) is 11.1 Å². The molecule has 0 fully saturated rings. The topological polar surface area (TPSA) is 50.4 Å². The van der Waals surface area contributed by atoms with Crippen LogP contribution in [0.25, 0.3) is 0 Å². The number of guanidine groups is 1. The second-order valence-electron chi connectivity index (χ2n) is 4.49. The Bertz CT molecular complexity index is 530. The van der Waals surface area contributed by atoms with Gasteiger partial charge in [-0.1, -0.05) is 48.0 Å². The minimum Gasteiger partial charge on any atom is -0.370 e. The van der Waals surface area contributed by atoms with Gasteiger partial charge in [-0.15, -0.1) is 0 Å². The number of nitrogens with two attached hydrogens (primary N) is 1. The van der Waals surface area contributed by atoms with Crippen molar-refractivity contribution in [3.8, 4) is 0 Å². The first-order chi connectivity index (χ1) is 9.24. The lowest BCUT2D eigenvalue weighted by Crippen LogP contribution is -2.32. The second kappa shape index (κ2) is 6.59. The van der Waals surface area contributed by atoms with Crippen LogP contribution >= 0.6 is 0 Å². The van der Waals surface area contributed by atoms with Crippen molar-refractivity contribution in [2.75, 3.05) is 6.54 Å². The summed E-state index contributed by atoms with van der Waals surface area (Å²) in [5.74, 6) is 0.458. The molecule has 19 heavy (non-hydrogen) atoms. The zero-order valence-corrected chi connectivity index (χ0v) is 11.1. The van der Waals surface area contributed by atoms with Crippen molar-refractivity contribution < 1.29 is 0 Å². The maximum absolute atomic E-state index is 5.85. The van der Waals surface area contributed by atoms with E-state index in [-0.39, 0.29) is 0 Å². The molecule has 2 aromatic carbocycles. The van der Waals surface area contributed by atoms with Gasteiger partial charge in [0.15, 0.2) is 5.96 Å². The number of rotatable bonds is 4. The zero-order valence-electron chi connectivity index (χ0n) is 11.1. The third kappa shape index (κ3) is 4.47. The van der Waals surface area contributed by atoms with Gasteiger partial charge in [-0.05, 0) is 31.0 Å². The molecule has 0 heterocycles. The smallest absolute Gasteiger partial charge is 0.193 e. The van der Waals surface area contributed by atoms with E-state index in [0.717, 1.165) is 18.7 Å². The average molecular weight is 253 g/mol. The molecule has 0 radical (unpaired) electrons. The molecule has 0 aromatic heterocycles. The first-order valence-corrected chi connectivity index (χ1v) is 6.43. The fourth-order valence-corrected chi connectivity index (χ4v) is 1.78. The molecule has 0 saturated carbocycles. The Labute approximate surface area is 114 Å². The van der Waals surface area contributed by atoms with Crippen LogP contribution in [0.15, 0.2) is 59.6 Å². The Morgan fingerprint density at radius 2 is 1.74 bits per heavy atom. The number of aliphatic imine (C=N–C) groups is 1. The minimum atomic E-state index is 0.458. The third-order valence-corrected chi connectivity index (χ3v) is 2.85. The molecule has 2 aromatic rings. The van der Waals surface area contributed by atoms with E-state index >= 15 is 0 Å². The summed E-state index contributed by atoms with van der Waals surface area (Å²) < 4.78 is 0. The largest absolute Gasteiger partial charge is 0.370 e. The van der Waals surface area contributed by atoms with E-state index in [1.165, 1.54) is 11.1 Å². The fraction of sp³-hybridized carbons (Fsp3) is 0.188. The summed E-state index contributed by atoms with van der Waals surface area (Å²) in [6.07, 6.45) is 0.935. The highest BCUT2D eigenvalue weighted by atomic mass is 15.1. The Kier molecular flexibility index (Phi) is 4.56. The van der Waals surface area contributed by atoms with E-state index in [2.05, 4.69) is 29.4 Å². The molecule has 0 bridgehead atoms. The Morgan fingerprint density at radius 1 is 1.05 bits per heavy atom. The van der Waals surface area contributed by atoms with Crippen molar-refractivity contribution in [1.82, 2.24) is 5.32 Å². The van der Waals surface area contributed by atoms with Crippen molar-refractivity contribution in [3.05, 3.63) is 65.7 Å². The average Bonchev–Trinajstić information content (AvgIpc) is 2.43. The normalized spacial score (nSPS) is 11.3. The van der Waals surface area contributed by atoms with Gasteiger partial charge in [0.25, 0.3) is 0 Å². The van der Waals surface area contributed by atoms with E-state index in [0.29, 0.717) is 5.96 Å². The predicted octanol–water partition coefficient (Wildman–Crippen LogP) is 2.77. The van der Waals surface area contributed by atoms with Gasteiger partial charge >= 0.3 is 0 Å². The summed E-state index contributed by atoms with van der Waals surface area (Å²) in [6, 6.07) is 18.3. The summed E-state index contributed by atoms with van der Waals surface area (Å²) in [5.41, 5.74) is 9.22. The molecule has 98 valence electrons. The van der Waals surface area contributed by atoms with E-state index in [9.17, 15) is 0 Å². The van der Waals surface area contributed by atoms with Gasteiger partial charge in [0, 0.05) is 6.54 Å². The molecule has 2 rings (SSSR count). The molecule has 0 aliphatic carbocycles. The van der Waals surface area contributed by atoms with E-state index in [1.54, 1.807) is 0 Å². The predicted molar refractivity (Wildman–Crippen MR) is 80.6 cm³/mol. The third-order valence-electron chi connectivity index (χ3n) is 2.85. The number of benzene rings is 2. The fourth-order valence-electron chi connectivity index (χ4n) is 1.78. The number of nitrogens with zero attached hydrogens (tertiary/aromatic N) is 1. The summed E-state index contributed by atoms with van der Waals surface area (Å²) >= 11 is 0. The van der Waals surface area contributed by atoms with Crippen LogP contribution < -0.4 is 11.1 Å². The van der Waals surface area contributed by atoms with Gasteiger partial charge in [0.05, 0.1) is 5.69 Å². The highest BCUT2D eigenvalue weighted by Gasteiger charge is 1.95. The number of aryl methyl sites for hydroxylation is 1. The number of hydrogen-bond acceptors (Lipinski definition) is 1. The second-order valence-corrected chi connectivity index (χ2v) is 4.49. The van der Waals surface area contributed by atoms with Gasteiger partial charge in [0.1, 0.15) is 0 Å². The van der Waals surface area contributed by atoms with Crippen LogP contribution in [-0.2, 0) is 6.42 Å². The summed E-state index contributed by atoms with van der Waals surface area (Å²) in [6.45, 7) is 2.83. The lowest BCUT2D eigenvalue weighted by atomic mass is 10.1. The standard InChI is InChI=1S/C16H19N3/c1-13-7-9-15(10-8-13)19-16(17)18-12-11-14-5-3-2-4-6-14/h2-10H,11-12H2,1H3,(H3,17,18,19).